The van der Waals surface area contributed by atoms with E-state index in [9.17, 15) is 9.59 Å². The Balaban J connectivity index is 1.64. The Labute approximate surface area is 235 Å². The van der Waals surface area contributed by atoms with Crippen LogP contribution >= 0.6 is 11.3 Å². The lowest BCUT2D eigenvalue weighted by atomic mass is 9.91. The Morgan fingerprint density at radius 1 is 1.05 bits per heavy atom. The third-order valence-corrected chi connectivity index (χ3v) is 8.18. The Bertz CT molecular complexity index is 1930. The van der Waals surface area contributed by atoms with Crippen LogP contribution in [0.25, 0.3) is 22.7 Å². The van der Waals surface area contributed by atoms with Crippen LogP contribution in [0.2, 0.25) is 0 Å². The Kier molecular flexibility index (Phi) is 6.82. The summed E-state index contributed by atoms with van der Waals surface area (Å²) in [7, 11) is 0. The van der Waals surface area contributed by atoms with Crippen LogP contribution in [0.3, 0.4) is 0 Å². The number of carbonyl (C=O) groups excluding carboxylic acids is 1. The summed E-state index contributed by atoms with van der Waals surface area (Å²) in [5.74, 6) is -0.124. The van der Waals surface area contributed by atoms with E-state index in [-0.39, 0.29) is 12.2 Å². The zero-order valence-corrected chi connectivity index (χ0v) is 23.4. The summed E-state index contributed by atoms with van der Waals surface area (Å²) in [5.41, 5.74) is 5.42. The number of benzene rings is 3. The number of H-pyrrole nitrogens is 1. The van der Waals surface area contributed by atoms with Gasteiger partial charge in [0.1, 0.15) is 0 Å². The maximum atomic E-state index is 14.1. The Morgan fingerprint density at radius 3 is 2.50 bits per heavy atom. The maximum Gasteiger partial charge on any atom is 0.338 e. The number of hydrogen-bond acceptors (Lipinski definition) is 5. The second-order valence-corrected chi connectivity index (χ2v) is 11.1. The van der Waals surface area contributed by atoms with Crippen LogP contribution in [0, 0.1) is 0 Å². The minimum atomic E-state index is -0.683. The summed E-state index contributed by atoms with van der Waals surface area (Å²) < 4.78 is 7.75. The maximum absolute atomic E-state index is 14.1. The number of nitrogens with one attached hydrogen (secondary N) is 1. The van der Waals surface area contributed by atoms with Gasteiger partial charge >= 0.3 is 5.97 Å². The quantitative estimate of drug-likeness (QED) is 0.284. The molecular formula is C33H29N3O3S. The number of aromatic amines is 1. The lowest BCUT2D eigenvalue weighted by molar-refractivity contribution is -0.138. The first kappa shape index (κ1) is 25.8. The average Bonchev–Trinajstić information content (AvgIpc) is 3.53. The molecule has 1 N–H and O–H groups in total. The molecule has 3 aromatic carbocycles. The molecule has 0 aliphatic carbocycles. The highest BCUT2D eigenvalue weighted by atomic mass is 32.1. The fourth-order valence-electron chi connectivity index (χ4n) is 5.17. The standard InChI is InChI=1S/C33H29N3O3S/c1-4-39-32(38)28-29(22-10-6-5-7-11-22)35-33-36(30(28)23-16-14-21(15-17-23)20(2)3)31(37)27(40-33)18-24-19-34-26-13-9-8-12-25(24)26/h5-20,30,34H,4H2,1-3H3/b27-18+. The number of rotatable bonds is 6. The summed E-state index contributed by atoms with van der Waals surface area (Å²) in [4.78, 5) is 36.5. The van der Waals surface area contributed by atoms with Crippen molar-refractivity contribution in [3.05, 3.63) is 133 Å². The minimum Gasteiger partial charge on any atom is -0.463 e. The van der Waals surface area contributed by atoms with E-state index in [0.717, 1.165) is 27.6 Å². The number of para-hydroxylation sites is 1. The fraction of sp³-hybridized carbons (Fsp3) is 0.182. The van der Waals surface area contributed by atoms with Crippen molar-refractivity contribution >= 4 is 40.0 Å². The van der Waals surface area contributed by atoms with Gasteiger partial charge in [-0.05, 0) is 36.1 Å². The van der Waals surface area contributed by atoms with Crippen molar-refractivity contribution in [2.75, 3.05) is 6.61 Å². The van der Waals surface area contributed by atoms with Crippen LogP contribution in [0.15, 0.2) is 100 Å². The lowest BCUT2D eigenvalue weighted by Gasteiger charge is -2.26. The predicted molar refractivity (Wildman–Crippen MR) is 160 cm³/mol. The molecule has 0 saturated heterocycles. The van der Waals surface area contributed by atoms with E-state index in [4.69, 9.17) is 9.73 Å². The second-order valence-electron chi connectivity index (χ2n) is 10.0. The van der Waals surface area contributed by atoms with Crippen LogP contribution in [0.5, 0.6) is 0 Å². The molecule has 2 aromatic heterocycles. The fourth-order valence-corrected chi connectivity index (χ4v) is 6.17. The largest absolute Gasteiger partial charge is 0.463 e. The molecular weight excluding hydrogens is 518 g/mol. The number of nitrogens with zero attached hydrogens (tertiary/aromatic N) is 2. The summed E-state index contributed by atoms with van der Waals surface area (Å²) in [6, 6.07) is 25.1. The molecule has 7 heteroatoms. The van der Waals surface area contributed by atoms with Gasteiger partial charge in [-0.2, -0.15) is 0 Å². The molecule has 1 atom stereocenters. The number of fused-ring (bicyclic) bond motifs is 2. The van der Waals surface area contributed by atoms with Crippen LogP contribution < -0.4 is 14.9 Å². The van der Waals surface area contributed by atoms with E-state index in [0.29, 0.717) is 26.5 Å². The third kappa shape index (κ3) is 4.52. The number of carbonyl (C=O) groups is 1. The summed E-state index contributed by atoms with van der Waals surface area (Å²) in [6.45, 7) is 6.28. The molecule has 0 radical (unpaired) electrons. The van der Waals surface area contributed by atoms with E-state index in [1.54, 1.807) is 11.5 Å². The highest BCUT2D eigenvalue weighted by Crippen LogP contribution is 2.35. The normalized spacial score (nSPS) is 15.4. The highest BCUT2D eigenvalue weighted by Gasteiger charge is 2.35. The molecule has 0 bridgehead atoms. The molecule has 1 aliphatic heterocycles. The average molecular weight is 548 g/mol. The first-order chi connectivity index (χ1) is 19.5. The monoisotopic (exact) mass is 547 g/mol. The van der Waals surface area contributed by atoms with Crippen LogP contribution in [0.4, 0.5) is 0 Å². The van der Waals surface area contributed by atoms with Crippen molar-refractivity contribution < 1.29 is 9.53 Å². The molecule has 0 saturated carbocycles. The molecule has 6 rings (SSSR count). The van der Waals surface area contributed by atoms with Crippen LogP contribution in [-0.4, -0.2) is 22.1 Å². The summed E-state index contributed by atoms with van der Waals surface area (Å²) in [6.07, 6.45) is 3.81. The molecule has 0 fully saturated rings. The van der Waals surface area contributed by atoms with E-state index in [1.807, 2.05) is 79.0 Å². The SMILES string of the molecule is CCOC(=O)C1=C(c2ccccc2)N=c2s/c(=C/c3c[nH]c4ccccc34)c(=O)n2C1c1ccc(C(C)C)cc1. The molecule has 5 aromatic rings. The van der Waals surface area contributed by atoms with Gasteiger partial charge in [0.25, 0.3) is 5.56 Å². The van der Waals surface area contributed by atoms with Crippen molar-refractivity contribution in [1.29, 1.82) is 0 Å². The zero-order chi connectivity index (χ0) is 27.8. The van der Waals surface area contributed by atoms with Crippen LogP contribution in [-0.2, 0) is 9.53 Å². The molecule has 6 nitrogen and oxygen atoms in total. The molecule has 0 spiro atoms. The smallest absolute Gasteiger partial charge is 0.338 e. The highest BCUT2D eigenvalue weighted by molar-refractivity contribution is 7.07. The zero-order valence-electron chi connectivity index (χ0n) is 22.5. The predicted octanol–water partition coefficient (Wildman–Crippen LogP) is 5.54. The number of aromatic nitrogens is 2. The van der Waals surface area contributed by atoms with E-state index >= 15 is 0 Å². The van der Waals surface area contributed by atoms with Gasteiger partial charge in [0.15, 0.2) is 4.80 Å². The van der Waals surface area contributed by atoms with Crippen molar-refractivity contribution in [2.24, 2.45) is 4.99 Å². The summed E-state index contributed by atoms with van der Waals surface area (Å²) >= 11 is 1.33. The van der Waals surface area contributed by atoms with E-state index < -0.39 is 12.0 Å². The van der Waals surface area contributed by atoms with Gasteiger partial charge in [0, 0.05) is 28.2 Å². The van der Waals surface area contributed by atoms with Crippen molar-refractivity contribution in [3.63, 3.8) is 0 Å². The number of hydrogen-bond donors (Lipinski definition) is 1. The van der Waals surface area contributed by atoms with Crippen molar-refractivity contribution in [3.8, 4) is 0 Å². The Morgan fingerprint density at radius 2 is 1.77 bits per heavy atom. The molecule has 0 amide bonds. The first-order valence-corrected chi connectivity index (χ1v) is 14.2. The molecule has 1 aliphatic rings. The summed E-state index contributed by atoms with van der Waals surface area (Å²) in [5, 5.41) is 1.03. The molecule has 3 heterocycles. The molecule has 200 valence electrons. The van der Waals surface area contributed by atoms with Gasteiger partial charge in [-0.15, -0.1) is 0 Å². The first-order valence-electron chi connectivity index (χ1n) is 13.4. The van der Waals surface area contributed by atoms with Crippen molar-refractivity contribution in [1.82, 2.24) is 9.55 Å². The Hall–Kier alpha value is -4.49. The van der Waals surface area contributed by atoms with E-state index in [1.165, 1.54) is 16.9 Å². The topological polar surface area (TPSA) is 76.4 Å². The van der Waals surface area contributed by atoms with Gasteiger partial charge in [-0.1, -0.05) is 98.0 Å². The second kappa shape index (κ2) is 10.6. The number of thiazole rings is 1. The number of esters is 1. The molecule has 1 unspecified atom stereocenters. The molecule has 40 heavy (non-hydrogen) atoms. The van der Waals surface area contributed by atoms with E-state index in [2.05, 4.69) is 31.0 Å². The number of ether oxygens (including phenoxy) is 1. The van der Waals surface area contributed by atoms with Gasteiger partial charge in [0.2, 0.25) is 0 Å². The van der Waals surface area contributed by atoms with Crippen LogP contribution in [0.1, 0.15) is 55.0 Å². The lowest BCUT2D eigenvalue weighted by Crippen LogP contribution is -2.40. The van der Waals surface area contributed by atoms with Gasteiger partial charge < -0.3 is 9.72 Å². The third-order valence-electron chi connectivity index (χ3n) is 7.20. The van der Waals surface area contributed by atoms with Gasteiger partial charge in [-0.3, -0.25) is 9.36 Å². The van der Waals surface area contributed by atoms with Gasteiger partial charge in [-0.25, -0.2) is 9.79 Å². The van der Waals surface area contributed by atoms with Crippen molar-refractivity contribution in [2.45, 2.75) is 32.7 Å². The van der Waals surface area contributed by atoms with Gasteiger partial charge in [0.05, 0.1) is 28.5 Å². The minimum absolute atomic E-state index is 0.194.